The van der Waals surface area contributed by atoms with E-state index in [-0.39, 0.29) is 11.8 Å². The summed E-state index contributed by atoms with van der Waals surface area (Å²) in [4.78, 5) is 0. The van der Waals surface area contributed by atoms with E-state index in [0.29, 0.717) is 5.92 Å². The Hall–Kier alpha value is 0.210. The fourth-order valence-corrected chi connectivity index (χ4v) is 0.633. The van der Waals surface area contributed by atoms with E-state index < -0.39 is 6.29 Å². The van der Waals surface area contributed by atoms with Crippen LogP contribution in [0.25, 0.3) is 0 Å². The molecule has 0 aromatic heterocycles. The highest BCUT2D eigenvalue weighted by molar-refractivity contribution is 6.20. The van der Waals surface area contributed by atoms with Gasteiger partial charge in [0.2, 0.25) is 0 Å². The number of alkyl halides is 1. The van der Waals surface area contributed by atoms with Gasteiger partial charge < -0.3 is 10.2 Å². The Morgan fingerprint density at radius 2 is 1.78 bits per heavy atom. The minimum Gasteiger partial charge on any atom is -0.368 e. The Balaban J connectivity index is 3.38. The SMILES string of the molecule is CC(C)C(Cl)CC(O)O. The Morgan fingerprint density at radius 1 is 1.33 bits per heavy atom. The zero-order chi connectivity index (χ0) is 7.44. The summed E-state index contributed by atoms with van der Waals surface area (Å²) in [6.45, 7) is 3.89. The van der Waals surface area contributed by atoms with Gasteiger partial charge in [0.05, 0.1) is 0 Å². The lowest BCUT2D eigenvalue weighted by atomic mass is 10.1. The summed E-state index contributed by atoms with van der Waals surface area (Å²) in [6.07, 6.45) is -1.02. The number of aliphatic hydroxyl groups is 2. The van der Waals surface area contributed by atoms with E-state index in [1.165, 1.54) is 0 Å². The van der Waals surface area contributed by atoms with Crippen molar-refractivity contribution in [1.82, 2.24) is 0 Å². The summed E-state index contributed by atoms with van der Waals surface area (Å²) in [5, 5.41) is 16.8. The molecule has 9 heavy (non-hydrogen) atoms. The van der Waals surface area contributed by atoms with Crippen LogP contribution in [0.5, 0.6) is 0 Å². The third-order valence-electron chi connectivity index (χ3n) is 1.16. The van der Waals surface area contributed by atoms with E-state index in [0.717, 1.165) is 0 Å². The van der Waals surface area contributed by atoms with E-state index in [4.69, 9.17) is 21.8 Å². The van der Waals surface area contributed by atoms with Gasteiger partial charge in [-0.05, 0) is 5.92 Å². The summed E-state index contributed by atoms with van der Waals surface area (Å²) >= 11 is 5.69. The van der Waals surface area contributed by atoms with Crippen LogP contribution in [-0.4, -0.2) is 21.9 Å². The monoisotopic (exact) mass is 152 g/mol. The second-order valence-corrected chi connectivity index (χ2v) is 3.04. The van der Waals surface area contributed by atoms with Crippen molar-refractivity contribution in [2.45, 2.75) is 31.9 Å². The molecule has 0 saturated carbocycles. The topological polar surface area (TPSA) is 40.5 Å². The second kappa shape index (κ2) is 4.09. The molecule has 1 unspecified atom stereocenters. The van der Waals surface area contributed by atoms with Gasteiger partial charge in [0.1, 0.15) is 0 Å². The van der Waals surface area contributed by atoms with Gasteiger partial charge in [0, 0.05) is 11.8 Å². The molecule has 0 fully saturated rings. The second-order valence-electron chi connectivity index (χ2n) is 2.48. The first-order valence-corrected chi connectivity index (χ1v) is 3.48. The minimum absolute atomic E-state index is 0.134. The number of rotatable bonds is 3. The van der Waals surface area contributed by atoms with Crippen LogP contribution < -0.4 is 0 Å². The molecule has 0 spiro atoms. The number of hydrogen-bond acceptors (Lipinski definition) is 2. The Morgan fingerprint density at radius 3 is 1.89 bits per heavy atom. The molecule has 0 radical (unpaired) electrons. The molecule has 2 nitrogen and oxygen atoms in total. The van der Waals surface area contributed by atoms with Crippen molar-refractivity contribution >= 4 is 11.6 Å². The Bertz CT molecular complexity index is 73.5. The van der Waals surface area contributed by atoms with E-state index in [1.54, 1.807) is 0 Å². The molecule has 0 aromatic rings. The standard InChI is InChI=1S/C6H13ClO2/c1-4(2)5(7)3-6(8)9/h4-6,8-9H,3H2,1-2H3. The average Bonchev–Trinajstić information content (AvgIpc) is 1.63. The molecular formula is C6H13ClO2. The van der Waals surface area contributed by atoms with Gasteiger partial charge in [0.15, 0.2) is 6.29 Å². The van der Waals surface area contributed by atoms with Crippen molar-refractivity contribution in [3.8, 4) is 0 Å². The molecule has 0 bridgehead atoms. The normalized spacial score (nSPS) is 15.0. The summed E-state index contributed by atoms with van der Waals surface area (Å²) in [6, 6.07) is 0. The first-order valence-electron chi connectivity index (χ1n) is 3.04. The van der Waals surface area contributed by atoms with Gasteiger partial charge in [-0.25, -0.2) is 0 Å². The fraction of sp³-hybridized carbons (Fsp3) is 1.00. The third kappa shape index (κ3) is 4.70. The Kier molecular flexibility index (Phi) is 4.19. The van der Waals surface area contributed by atoms with Crippen LogP contribution in [-0.2, 0) is 0 Å². The third-order valence-corrected chi connectivity index (χ3v) is 1.84. The van der Waals surface area contributed by atoms with Gasteiger partial charge in [0.25, 0.3) is 0 Å². The zero-order valence-electron chi connectivity index (χ0n) is 5.71. The lowest BCUT2D eigenvalue weighted by molar-refractivity contribution is -0.0472. The quantitative estimate of drug-likeness (QED) is 0.467. The zero-order valence-corrected chi connectivity index (χ0v) is 6.47. The highest BCUT2D eigenvalue weighted by Gasteiger charge is 2.12. The van der Waals surface area contributed by atoms with Crippen LogP contribution in [0.2, 0.25) is 0 Å². The lowest BCUT2D eigenvalue weighted by Crippen LogP contribution is -2.16. The van der Waals surface area contributed by atoms with Gasteiger partial charge in [-0.2, -0.15) is 0 Å². The lowest BCUT2D eigenvalue weighted by Gasteiger charge is -2.13. The molecule has 0 aliphatic rings. The van der Waals surface area contributed by atoms with Crippen LogP contribution in [0.4, 0.5) is 0 Å². The maximum absolute atomic E-state index is 8.44. The van der Waals surface area contributed by atoms with Crippen molar-refractivity contribution in [2.24, 2.45) is 5.92 Å². The summed E-state index contributed by atoms with van der Waals surface area (Å²) in [5.74, 6) is 0.300. The van der Waals surface area contributed by atoms with Crippen LogP contribution >= 0.6 is 11.6 Å². The van der Waals surface area contributed by atoms with Crippen molar-refractivity contribution in [1.29, 1.82) is 0 Å². The fourth-order valence-electron chi connectivity index (χ4n) is 0.474. The van der Waals surface area contributed by atoms with Gasteiger partial charge in [-0.1, -0.05) is 13.8 Å². The number of hydrogen-bond donors (Lipinski definition) is 2. The van der Waals surface area contributed by atoms with Gasteiger partial charge in [-0.15, -0.1) is 11.6 Å². The van der Waals surface area contributed by atoms with Gasteiger partial charge in [-0.3, -0.25) is 0 Å². The molecular weight excluding hydrogens is 140 g/mol. The molecule has 56 valence electrons. The molecule has 0 aliphatic carbocycles. The predicted octanol–water partition coefficient (Wildman–Crippen LogP) is 0.951. The van der Waals surface area contributed by atoms with E-state index in [1.807, 2.05) is 13.8 Å². The maximum Gasteiger partial charge on any atom is 0.152 e. The number of aliphatic hydroxyl groups excluding tert-OH is 1. The molecule has 0 aromatic carbocycles. The van der Waals surface area contributed by atoms with Crippen molar-refractivity contribution in [2.75, 3.05) is 0 Å². The molecule has 0 heterocycles. The van der Waals surface area contributed by atoms with Crippen LogP contribution in [0.15, 0.2) is 0 Å². The van der Waals surface area contributed by atoms with Crippen molar-refractivity contribution in [3.05, 3.63) is 0 Å². The summed E-state index contributed by atoms with van der Waals surface area (Å²) in [7, 11) is 0. The number of halogens is 1. The Labute approximate surface area is 60.5 Å². The van der Waals surface area contributed by atoms with E-state index in [2.05, 4.69) is 0 Å². The molecule has 2 N–H and O–H groups in total. The first-order chi connectivity index (χ1) is 4.04. The predicted molar refractivity (Wildman–Crippen MR) is 37.3 cm³/mol. The van der Waals surface area contributed by atoms with Crippen LogP contribution in [0.3, 0.4) is 0 Å². The molecule has 3 heteroatoms. The maximum atomic E-state index is 8.44. The van der Waals surface area contributed by atoms with Crippen LogP contribution in [0.1, 0.15) is 20.3 Å². The van der Waals surface area contributed by atoms with E-state index in [9.17, 15) is 0 Å². The van der Waals surface area contributed by atoms with Crippen LogP contribution in [0, 0.1) is 5.92 Å². The average molecular weight is 153 g/mol. The van der Waals surface area contributed by atoms with Gasteiger partial charge >= 0.3 is 0 Å². The highest BCUT2D eigenvalue weighted by Crippen LogP contribution is 2.14. The van der Waals surface area contributed by atoms with Crippen molar-refractivity contribution in [3.63, 3.8) is 0 Å². The molecule has 0 aliphatic heterocycles. The highest BCUT2D eigenvalue weighted by atomic mass is 35.5. The first kappa shape index (κ1) is 9.21. The minimum atomic E-state index is -1.27. The van der Waals surface area contributed by atoms with E-state index >= 15 is 0 Å². The molecule has 1 atom stereocenters. The molecule has 0 amide bonds. The summed E-state index contributed by atoms with van der Waals surface area (Å²) in [5.41, 5.74) is 0. The van der Waals surface area contributed by atoms with Crippen molar-refractivity contribution < 1.29 is 10.2 Å². The molecule has 0 rings (SSSR count). The smallest absolute Gasteiger partial charge is 0.152 e. The summed E-state index contributed by atoms with van der Waals surface area (Å²) < 4.78 is 0. The molecule has 0 saturated heterocycles. The largest absolute Gasteiger partial charge is 0.368 e.